The van der Waals surface area contributed by atoms with Gasteiger partial charge < -0.3 is 0 Å². The van der Waals surface area contributed by atoms with E-state index in [-0.39, 0.29) is 5.91 Å². The van der Waals surface area contributed by atoms with Gasteiger partial charge in [-0.3, -0.25) is 9.78 Å². The number of aromatic nitrogens is 1. The van der Waals surface area contributed by atoms with Crippen molar-refractivity contribution >= 4 is 12.1 Å². The van der Waals surface area contributed by atoms with Crippen LogP contribution in [-0.2, 0) is 11.2 Å². The lowest BCUT2D eigenvalue weighted by Crippen LogP contribution is -2.17. The van der Waals surface area contributed by atoms with Crippen LogP contribution in [0.4, 0.5) is 0 Å². The zero-order valence-corrected chi connectivity index (χ0v) is 10.5. The fourth-order valence-electron chi connectivity index (χ4n) is 1.59. The van der Waals surface area contributed by atoms with E-state index in [9.17, 15) is 4.79 Å². The van der Waals surface area contributed by atoms with Crippen LogP contribution < -0.4 is 5.43 Å². The molecule has 2 rings (SSSR count). The summed E-state index contributed by atoms with van der Waals surface area (Å²) >= 11 is 0. The van der Waals surface area contributed by atoms with E-state index in [1.807, 2.05) is 42.5 Å². The minimum atomic E-state index is -0.0935. The molecule has 4 heteroatoms. The van der Waals surface area contributed by atoms with E-state index in [2.05, 4.69) is 15.5 Å². The Morgan fingerprint density at radius 2 is 2.05 bits per heavy atom. The lowest BCUT2D eigenvalue weighted by molar-refractivity contribution is -0.121. The van der Waals surface area contributed by atoms with E-state index < -0.39 is 0 Å². The van der Waals surface area contributed by atoms with Gasteiger partial charge >= 0.3 is 0 Å². The molecule has 0 fully saturated rings. The number of nitrogens with zero attached hydrogens (tertiary/aromatic N) is 2. The number of rotatable bonds is 5. The third-order valence-electron chi connectivity index (χ3n) is 2.57. The highest BCUT2D eigenvalue weighted by Crippen LogP contribution is 2.01. The molecule has 0 bridgehead atoms. The number of hydrogen-bond donors (Lipinski definition) is 1. The lowest BCUT2D eigenvalue weighted by atomic mass is 10.1. The highest BCUT2D eigenvalue weighted by Gasteiger charge is 2.00. The number of nitrogens with one attached hydrogen (secondary N) is 1. The Labute approximate surface area is 112 Å². The molecular weight excluding hydrogens is 238 g/mol. The highest BCUT2D eigenvalue weighted by atomic mass is 16.2. The maximum atomic E-state index is 11.6. The molecule has 1 amide bonds. The van der Waals surface area contributed by atoms with Gasteiger partial charge in [-0.2, -0.15) is 5.10 Å². The first kappa shape index (κ1) is 13.0. The first-order valence-electron chi connectivity index (χ1n) is 6.10. The SMILES string of the molecule is O=C(CCc1ccccc1)N/N=C/c1cccnc1. The molecule has 0 saturated heterocycles. The van der Waals surface area contributed by atoms with Gasteiger partial charge in [0.15, 0.2) is 0 Å². The summed E-state index contributed by atoms with van der Waals surface area (Å²) in [6.07, 6.45) is 6.09. The molecule has 1 heterocycles. The molecule has 0 saturated carbocycles. The molecule has 0 aliphatic carbocycles. The number of hydrazone groups is 1. The van der Waals surface area contributed by atoms with Crippen molar-refractivity contribution in [2.24, 2.45) is 5.10 Å². The lowest BCUT2D eigenvalue weighted by Gasteiger charge is -2.00. The van der Waals surface area contributed by atoms with Crippen molar-refractivity contribution in [2.75, 3.05) is 0 Å². The zero-order valence-electron chi connectivity index (χ0n) is 10.5. The normalized spacial score (nSPS) is 10.5. The van der Waals surface area contributed by atoms with Gasteiger partial charge in [0.25, 0.3) is 0 Å². The van der Waals surface area contributed by atoms with Crippen molar-refractivity contribution in [2.45, 2.75) is 12.8 Å². The molecule has 0 unspecified atom stereocenters. The third kappa shape index (κ3) is 4.71. The largest absolute Gasteiger partial charge is 0.273 e. The van der Waals surface area contributed by atoms with Crippen LogP contribution in [0.25, 0.3) is 0 Å². The number of pyridine rings is 1. The molecule has 0 aliphatic rings. The Kier molecular flexibility index (Phi) is 4.81. The fourth-order valence-corrected chi connectivity index (χ4v) is 1.59. The molecule has 0 aliphatic heterocycles. The van der Waals surface area contributed by atoms with Crippen LogP contribution >= 0.6 is 0 Å². The van der Waals surface area contributed by atoms with Gasteiger partial charge in [-0.1, -0.05) is 36.4 Å². The zero-order chi connectivity index (χ0) is 13.3. The summed E-state index contributed by atoms with van der Waals surface area (Å²) in [5, 5.41) is 3.89. The van der Waals surface area contributed by atoms with Crippen LogP contribution in [0.5, 0.6) is 0 Å². The molecule has 19 heavy (non-hydrogen) atoms. The fraction of sp³-hybridized carbons (Fsp3) is 0.133. The molecule has 2 aromatic rings. The number of amides is 1. The quantitative estimate of drug-likeness (QED) is 0.655. The summed E-state index contributed by atoms with van der Waals surface area (Å²) in [6.45, 7) is 0. The summed E-state index contributed by atoms with van der Waals surface area (Å²) in [6, 6.07) is 13.6. The molecule has 1 aromatic heterocycles. The number of carbonyl (C=O) groups is 1. The second kappa shape index (κ2) is 7.06. The van der Waals surface area contributed by atoms with Crippen molar-refractivity contribution in [1.29, 1.82) is 0 Å². The summed E-state index contributed by atoms with van der Waals surface area (Å²) in [4.78, 5) is 15.5. The Morgan fingerprint density at radius 1 is 1.21 bits per heavy atom. The van der Waals surface area contributed by atoms with Crippen molar-refractivity contribution in [3.05, 3.63) is 66.0 Å². The van der Waals surface area contributed by atoms with Gasteiger partial charge in [0, 0.05) is 24.4 Å². The van der Waals surface area contributed by atoms with E-state index in [1.54, 1.807) is 18.6 Å². The minimum absolute atomic E-state index is 0.0935. The molecule has 0 radical (unpaired) electrons. The van der Waals surface area contributed by atoms with E-state index in [1.165, 1.54) is 0 Å². The highest BCUT2D eigenvalue weighted by molar-refractivity contribution is 5.82. The molecule has 1 aromatic carbocycles. The maximum absolute atomic E-state index is 11.6. The number of aryl methyl sites for hydroxylation is 1. The van der Waals surface area contributed by atoms with E-state index in [0.717, 1.165) is 17.5 Å². The van der Waals surface area contributed by atoms with Crippen LogP contribution in [0.1, 0.15) is 17.5 Å². The molecule has 1 N–H and O–H groups in total. The van der Waals surface area contributed by atoms with Crippen LogP contribution in [-0.4, -0.2) is 17.1 Å². The number of hydrogen-bond acceptors (Lipinski definition) is 3. The van der Waals surface area contributed by atoms with E-state index >= 15 is 0 Å². The summed E-state index contributed by atoms with van der Waals surface area (Å²) < 4.78 is 0. The van der Waals surface area contributed by atoms with Crippen molar-refractivity contribution in [3.63, 3.8) is 0 Å². The Hall–Kier alpha value is -2.49. The van der Waals surface area contributed by atoms with Crippen LogP contribution in [0, 0.1) is 0 Å². The molecule has 96 valence electrons. The number of carbonyl (C=O) groups excluding carboxylic acids is 1. The van der Waals surface area contributed by atoms with Gasteiger partial charge in [0.2, 0.25) is 5.91 Å². The molecular formula is C15H15N3O. The monoisotopic (exact) mass is 253 g/mol. The standard InChI is InChI=1S/C15H15N3O/c19-15(9-8-13-5-2-1-3-6-13)18-17-12-14-7-4-10-16-11-14/h1-7,10-12H,8-9H2,(H,18,19)/b17-12+. The van der Waals surface area contributed by atoms with Gasteiger partial charge in [-0.05, 0) is 18.1 Å². The van der Waals surface area contributed by atoms with Gasteiger partial charge in [-0.25, -0.2) is 5.43 Å². The summed E-state index contributed by atoms with van der Waals surface area (Å²) in [5.74, 6) is -0.0935. The third-order valence-corrected chi connectivity index (χ3v) is 2.57. The molecule has 4 nitrogen and oxygen atoms in total. The number of benzene rings is 1. The predicted octanol–water partition coefficient (Wildman–Crippen LogP) is 2.16. The predicted molar refractivity (Wildman–Crippen MR) is 74.7 cm³/mol. The topological polar surface area (TPSA) is 54.4 Å². The second-order valence-corrected chi connectivity index (χ2v) is 4.07. The Balaban J connectivity index is 1.75. The van der Waals surface area contributed by atoms with Crippen LogP contribution in [0.15, 0.2) is 60.0 Å². The first-order chi connectivity index (χ1) is 9.34. The summed E-state index contributed by atoms with van der Waals surface area (Å²) in [5.41, 5.74) is 4.50. The average molecular weight is 253 g/mol. The average Bonchev–Trinajstić information content (AvgIpc) is 2.47. The first-order valence-corrected chi connectivity index (χ1v) is 6.10. The Morgan fingerprint density at radius 3 is 2.79 bits per heavy atom. The van der Waals surface area contributed by atoms with Gasteiger partial charge in [-0.15, -0.1) is 0 Å². The second-order valence-electron chi connectivity index (χ2n) is 4.07. The van der Waals surface area contributed by atoms with Gasteiger partial charge in [0.05, 0.1) is 6.21 Å². The molecule has 0 spiro atoms. The maximum Gasteiger partial charge on any atom is 0.240 e. The van der Waals surface area contributed by atoms with E-state index in [4.69, 9.17) is 0 Å². The summed E-state index contributed by atoms with van der Waals surface area (Å²) in [7, 11) is 0. The molecule has 0 atom stereocenters. The van der Waals surface area contributed by atoms with Crippen molar-refractivity contribution in [3.8, 4) is 0 Å². The van der Waals surface area contributed by atoms with Crippen LogP contribution in [0.3, 0.4) is 0 Å². The van der Waals surface area contributed by atoms with E-state index in [0.29, 0.717) is 6.42 Å². The van der Waals surface area contributed by atoms with Crippen LogP contribution in [0.2, 0.25) is 0 Å². The van der Waals surface area contributed by atoms with Gasteiger partial charge in [0.1, 0.15) is 0 Å². The van der Waals surface area contributed by atoms with Crippen molar-refractivity contribution < 1.29 is 4.79 Å². The Bertz CT molecular complexity index is 538. The minimum Gasteiger partial charge on any atom is -0.273 e. The van der Waals surface area contributed by atoms with Crippen molar-refractivity contribution in [1.82, 2.24) is 10.4 Å². The smallest absolute Gasteiger partial charge is 0.240 e.